The van der Waals surface area contributed by atoms with Crippen LogP contribution >= 0.6 is 0 Å². The van der Waals surface area contributed by atoms with Gasteiger partial charge in [-0.25, -0.2) is 4.79 Å². The summed E-state index contributed by atoms with van der Waals surface area (Å²) in [5.74, 6) is -0.447. The Balaban J connectivity index is 1.36. The highest BCUT2D eigenvalue weighted by molar-refractivity contribution is 6.45. The lowest BCUT2D eigenvalue weighted by Gasteiger charge is -2.42. The second kappa shape index (κ2) is 13.0. The number of carbonyl (C=O) groups is 3. The summed E-state index contributed by atoms with van der Waals surface area (Å²) in [5.41, 5.74) is 4.15. The van der Waals surface area contributed by atoms with Gasteiger partial charge >= 0.3 is 13.1 Å². The van der Waals surface area contributed by atoms with Crippen LogP contribution in [0.3, 0.4) is 0 Å². The van der Waals surface area contributed by atoms with Crippen molar-refractivity contribution in [3.8, 4) is 0 Å². The van der Waals surface area contributed by atoms with Gasteiger partial charge in [-0.3, -0.25) is 9.59 Å². The number of piperidine rings is 1. The quantitative estimate of drug-likeness (QED) is 0.282. The van der Waals surface area contributed by atoms with Crippen LogP contribution < -0.4 is 10.5 Å². The van der Waals surface area contributed by atoms with E-state index in [-0.39, 0.29) is 35.1 Å². The lowest BCUT2D eigenvalue weighted by molar-refractivity contribution is -0.136. The molecule has 1 spiro atoms. The first-order valence-electron chi connectivity index (χ1n) is 15.6. The number of aromatic amines is 1. The van der Waals surface area contributed by atoms with E-state index in [1.807, 2.05) is 68.5 Å². The van der Waals surface area contributed by atoms with E-state index in [1.54, 1.807) is 18.8 Å². The highest BCUT2D eigenvalue weighted by Crippen LogP contribution is 2.52. The number of carbonyl (C=O) groups excluding carboxylic acids is 3. The van der Waals surface area contributed by atoms with Gasteiger partial charge in [-0.2, -0.15) is 0 Å². The van der Waals surface area contributed by atoms with Crippen molar-refractivity contribution in [2.24, 2.45) is 0 Å². The highest BCUT2D eigenvalue weighted by atomic mass is 16.2. The summed E-state index contributed by atoms with van der Waals surface area (Å²) in [6.45, 7) is 5.52. The average molecular weight is 601 g/mol. The van der Waals surface area contributed by atoms with Gasteiger partial charge < -0.3 is 35.3 Å². The van der Waals surface area contributed by atoms with Gasteiger partial charge in [0.2, 0.25) is 11.8 Å². The summed E-state index contributed by atoms with van der Waals surface area (Å²) in [6.07, 6.45) is 4.21. The smallest absolute Gasteiger partial charge is 0.373 e. The van der Waals surface area contributed by atoms with Crippen LogP contribution in [0.25, 0.3) is 10.9 Å². The minimum atomic E-state index is -0.776. The molecular formula is C33H45BN6O4. The minimum absolute atomic E-state index is 0.103. The number of likely N-dealkylation sites (tertiary alicyclic amines) is 1. The molecule has 0 bridgehead atoms. The van der Waals surface area contributed by atoms with Gasteiger partial charge in [-0.15, -0.1) is 0 Å². The van der Waals surface area contributed by atoms with Gasteiger partial charge in [-0.1, -0.05) is 49.4 Å². The highest BCUT2D eigenvalue weighted by Gasteiger charge is 2.49. The van der Waals surface area contributed by atoms with E-state index < -0.39 is 13.1 Å². The van der Waals surface area contributed by atoms with E-state index in [9.17, 15) is 19.4 Å². The monoisotopic (exact) mass is 600 g/mol. The standard InChI is InChI=1S/C33H45BN6O4/c1-22(26-21-35-28-13-9-7-11-24(26)28)29(37-32(43)39(5)19-16-36-34(2)44)31(42)40-17-14-33(15-18-40)20-25(30(41)38(3)4)23-10-6-8-12-27(23)33/h6-13,21-22,25,29,35-36,44H,14-20H2,1-5H3,(H,37,43)/t22-,25-,29?/m1/s1. The van der Waals surface area contributed by atoms with Gasteiger partial charge in [0.05, 0.1) is 5.92 Å². The van der Waals surface area contributed by atoms with Crippen molar-refractivity contribution < 1.29 is 19.4 Å². The number of rotatable bonds is 9. The number of H-pyrrole nitrogens is 1. The maximum atomic E-state index is 14.3. The molecule has 2 heterocycles. The third kappa shape index (κ3) is 6.21. The molecule has 44 heavy (non-hydrogen) atoms. The van der Waals surface area contributed by atoms with Crippen LogP contribution in [0.1, 0.15) is 54.7 Å². The van der Waals surface area contributed by atoms with Crippen molar-refractivity contribution in [2.75, 3.05) is 47.3 Å². The molecule has 1 fully saturated rings. The molecule has 1 aliphatic heterocycles. The minimum Gasteiger partial charge on any atom is -0.437 e. The molecule has 4 N–H and O–H groups in total. The Bertz CT molecular complexity index is 1500. The summed E-state index contributed by atoms with van der Waals surface area (Å²) in [7, 11) is 4.63. The fourth-order valence-electron chi connectivity index (χ4n) is 7.09. The number of fused-ring (bicyclic) bond motifs is 3. The maximum absolute atomic E-state index is 14.3. The van der Waals surface area contributed by atoms with Gasteiger partial charge in [0.15, 0.2) is 0 Å². The second-order valence-electron chi connectivity index (χ2n) is 12.7. The molecule has 0 radical (unpaired) electrons. The molecule has 2 aromatic carbocycles. The van der Waals surface area contributed by atoms with Crippen LogP contribution in [0, 0.1) is 0 Å². The predicted octanol–water partition coefficient (Wildman–Crippen LogP) is 3.12. The van der Waals surface area contributed by atoms with Crippen LogP contribution in [0.4, 0.5) is 4.79 Å². The van der Waals surface area contributed by atoms with Crippen molar-refractivity contribution in [3.63, 3.8) is 0 Å². The molecular weight excluding hydrogens is 555 g/mol. The Labute approximate surface area is 260 Å². The molecule has 11 heteroatoms. The molecule has 10 nitrogen and oxygen atoms in total. The molecule has 1 aromatic heterocycles. The summed E-state index contributed by atoms with van der Waals surface area (Å²) in [4.78, 5) is 49.2. The maximum Gasteiger partial charge on any atom is 0.373 e. The zero-order valence-corrected chi connectivity index (χ0v) is 26.5. The first kappa shape index (κ1) is 31.6. The van der Waals surface area contributed by atoms with E-state index >= 15 is 0 Å². The Hall–Kier alpha value is -3.83. The molecule has 2 aliphatic rings. The largest absolute Gasteiger partial charge is 0.437 e. The molecule has 1 unspecified atom stereocenters. The fraction of sp³-hybridized carbons (Fsp3) is 0.485. The third-order valence-electron chi connectivity index (χ3n) is 9.66. The van der Waals surface area contributed by atoms with Crippen LogP contribution in [-0.4, -0.2) is 103 Å². The number of nitrogens with one attached hydrogen (secondary N) is 3. The van der Waals surface area contributed by atoms with Crippen LogP contribution in [0.2, 0.25) is 6.82 Å². The molecule has 3 atom stereocenters. The zero-order valence-electron chi connectivity index (χ0n) is 26.5. The molecule has 5 rings (SSSR count). The first-order chi connectivity index (χ1) is 21.0. The molecule has 234 valence electrons. The molecule has 1 aliphatic carbocycles. The normalized spacial score (nSPS) is 18.5. The second-order valence-corrected chi connectivity index (χ2v) is 12.7. The first-order valence-corrected chi connectivity index (χ1v) is 15.6. The number of benzene rings is 2. The van der Waals surface area contributed by atoms with Crippen LogP contribution in [-0.2, 0) is 15.0 Å². The van der Waals surface area contributed by atoms with Crippen molar-refractivity contribution in [3.05, 3.63) is 71.4 Å². The number of nitrogens with zero attached hydrogens (tertiary/aromatic N) is 3. The molecule has 3 aromatic rings. The summed E-state index contributed by atoms with van der Waals surface area (Å²) in [5, 5.41) is 16.5. The summed E-state index contributed by atoms with van der Waals surface area (Å²) in [6, 6.07) is 15.1. The van der Waals surface area contributed by atoms with E-state index in [2.05, 4.69) is 27.7 Å². The average Bonchev–Trinajstić information content (AvgIpc) is 3.59. The van der Waals surface area contributed by atoms with Gasteiger partial charge in [0, 0.05) is 75.8 Å². The number of amides is 4. The van der Waals surface area contributed by atoms with Crippen molar-refractivity contribution in [2.45, 2.75) is 56.3 Å². The number of para-hydroxylation sites is 1. The number of likely N-dealkylation sites (N-methyl/N-ethyl adjacent to an activating group) is 2. The Kier molecular flexibility index (Phi) is 9.36. The predicted molar refractivity (Wildman–Crippen MR) is 173 cm³/mol. The number of hydrogen-bond acceptors (Lipinski definition) is 5. The zero-order chi connectivity index (χ0) is 31.6. The Morgan fingerprint density at radius 2 is 1.77 bits per heavy atom. The molecule has 1 saturated heterocycles. The Morgan fingerprint density at radius 1 is 1.09 bits per heavy atom. The lowest BCUT2D eigenvalue weighted by Crippen LogP contribution is -2.56. The summed E-state index contributed by atoms with van der Waals surface area (Å²) < 4.78 is 0. The van der Waals surface area contributed by atoms with Crippen LogP contribution in [0.5, 0.6) is 0 Å². The van der Waals surface area contributed by atoms with Gasteiger partial charge in [-0.05, 0) is 48.8 Å². The number of hydrogen-bond donors (Lipinski definition) is 4. The van der Waals surface area contributed by atoms with E-state index in [1.165, 1.54) is 10.5 Å². The van der Waals surface area contributed by atoms with E-state index in [0.29, 0.717) is 26.2 Å². The van der Waals surface area contributed by atoms with E-state index in [0.717, 1.165) is 41.3 Å². The van der Waals surface area contributed by atoms with E-state index in [4.69, 9.17) is 0 Å². The summed E-state index contributed by atoms with van der Waals surface area (Å²) >= 11 is 0. The molecule has 0 saturated carbocycles. The van der Waals surface area contributed by atoms with Gasteiger partial charge in [0.25, 0.3) is 0 Å². The number of aromatic nitrogens is 1. The molecule has 4 amide bonds. The Morgan fingerprint density at radius 3 is 2.48 bits per heavy atom. The van der Waals surface area contributed by atoms with Crippen molar-refractivity contribution in [1.29, 1.82) is 0 Å². The number of urea groups is 1. The third-order valence-corrected chi connectivity index (χ3v) is 9.66. The van der Waals surface area contributed by atoms with Crippen LogP contribution in [0.15, 0.2) is 54.7 Å². The topological polar surface area (TPSA) is 121 Å². The SMILES string of the molecule is CB(O)NCCN(C)C(=O)NC(C(=O)N1CCC2(CC1)C[C@@H](C(=O)N(C)C)c1ccccc12)[C@H](C)c1c[nH]c2ccccc12. The fourth-order valence-corrected chi connectivity index (χ4v) is 7.09. The lowest BCUT2D eigenvalue weighted by atomic mass is 9.73. The van der Waals surface area contributed by atoms with Crippen molar-refractivity contribution in [1.82, 2.24) is 30.2 Å². The van der Waals surface area contributed by atoms with Crippen molar-refractivity contribution >= 4 is 35.8 Å². The van der Waals surface area contributed by atoms with Gasteiger partial charge in [0.1, 0.15) is 6.04 Å².